The van der Waals surface area contributed by atoms with E-state index in [0.717, 1.165) is 11.1 Å². The predicted molar refractivity (Wildman–Crippen MR) is 92.7 cm³/mol. The van der Waals surface area contributed by atoms with Crippen LogP contribution in [-0.2, 0) is 18.0 Å². The van der Waals surface area contributed by atoms with Crippen LogP contribution < -0.4 is 4.90 Å². The molecule has 1 aliphatic rings. The number of alkyl halides is 3. The molecule has 1 amide bonds. The number of carbonyl (C=O) groups is 1. The fraction of sp³-hybridized carbons (Fsp3) is 0.353. The maximum Gasteiger partial charge on any atom is 0.453 e. The molecule has 1 fully saturated rings. The minimum Gasteiger partial charge on any atom is -0.312 e. The standard InChI is InChI=1S/C17H16F3N7O/c1-10-21-14(11-5-3-6-12(9-11)26-8-4-7-13(26)28)27(23-10)16-22-15(17(18,19)20)24-25(16)2/h3,5-6,9H,4,7-8H2,1-2H3. The first-order valence-electron chi connectivity index (χ1n) is 8.57. The highest BCUT2D eigenvalue weighted by molar-refractivity contribution is 5.95. The Balaban J connectivity index is 1.79. The molecule has 3 heterocycles. The molecule has 0 N–H and O–H groups in total. The Bertz CT molecular complexity index is 1050. The van der Waals surface area contributed by atoms with Crippen LogP contribution in [0.1, 0.15) is 24.5 Å². The molecule has 0 bridgehead atoms. The Morgan fingerprint density at radius 3 is 2.57 bits per heavy atom. The zero-order valence-electron chi connectivity index (χ0n) is 15.1. The van der Waals surface area contributed by atoms with E-state index in [0.29, 0.717) is 35.9 Å². The molecule has 0 atom stereocenters. The van der Waals surface area contributed by atoms with Gasteiger partial charge in [0.15, 0.2) is 5.82 Å². The molecular formula is C17H16F3N7O. The summed E-state index contributed by atoms with van der Waals surface area (Å²) in [5, 5.41) is 7.62. The lowest BCUT2D eigenvalue weighted by Crippen LogP contribution is -2.23. The largest absolute Gasteiger partial charge is 0.453 e. The number of amides is 1. The van der Waals surface area contributed by atoms with Gasteiger partial charge in [-0.3, -0.25) is 4.79 Å². The minimum absolute atomic E-state index is 0.0397. The van der Waals surface area contributed by atoms with Crippen molar-refractivity contribution in [3.63, 3.8) is 0 Å². The molecule has 1 aromatic carbocycles. The molecule has 4 rings (SSSR count). The Morgan fingerprint density at radius 1 is 1.14 bits per heavy atom. The van der Waals surface area contributed by atoms with Gasteiger partial charge < -0.3 is 4.90 Å². The van der Waals surface area contributed by atoms with Gasteiger partial charge in [-0.1, -0.05) is 12.1 Å². The van der Waals surface area contributed by atoms with Crippen molar-refractivity contribution < 1.29 is 18.0 Å². The molecule has 0 radical (unpaired) electrons. The van der Waals surface area contributed by atoms with Crippen molar-refractivity contribution in [2.45, 2.75) is 25.9 Å². The van der Waals surface area contributed by atoms with Crippen LogP contribution in [0.5, 0.6) is 0 Å². The number of rotatable bonds is 3. The first-order valence-corrected chi connectivity index (χ1v) is 8.57. The Labute approximate surface area is 157 Å². The molecule has 11 heteroatoms. The van der Waals surface area contributed by atoms with Crippen LogP contribution in [0.25, 0.3) is 17.3 Å². The van der Waals surface area contributed by atoms with Crippen LogP contribution in [0.4, 0.5) is 18.9 Å². The van der Waals surface area contributed by atoms with Gasteiger partial charge in [0.25, 0.3) is 11.8 Å². The molecule has 0 unspecified atom stereocenters. The van der Waals surface area contributed by atoms with Crippen molar-refractivity contribution in [2.75, 3.05) is 11.4 Å². The number of nitrogens with zero attached hydrogens (tertiary/aromatic N) is 7. The number of hydrogen-bond acceptors (Lipinski definition) is 5. The average Bonchev–Trinajstić information content (AvgIpc) is 3.32. The summed E-state index contributed by atoms with van der Waals surface area (Å²) in [5.74, 6) is -0.631. The topological polar surface area (TPSA) is 81.7 Å². The SMILES string of the molecule is Cc1nc(-c2cccc(N3CCCC3=O)c2)n(-c2nc(C(F)(F)F)nn2C)n1. The van der Waals surface area contributed by atoms with Gasteiger partial charge >= 0.3 is 6.18 Å². The molecule has 1 aliphatic heterocycles. The van der Waals surface area contributed by atoms with E-state index in [1.807, 2.05) is 6.07 Å². The van der Waals surface area contributed by atoms with Crippen molar-refractivity contribution in [3.05, 3.63) is 35.9 Å². The van der Waals surface area contributed by atoms with Gasteiger partial charge in [0.2, 0.25) is 5.91 Å². The third-order valence-corrected chi connectivity index (χ3v) is 4.39. The van der Waals surface area contributed by atoms with Crippen molar-refractivity contribution in [3.8, 4) is 17.3 Å². The molecule has 2 aromatic heterocycles. The number of anilines is 1. The third kappa shape index (κ3) is 3.12. The first kappa shape index (κ1) is 18.1. The minimum atomic E-state index is -4.66. The number of halogens is 3. The van der Waals surface area contributed by atoms with Gasteiger partial charge in [0.05, 0.1) is 0 Å². The number of carbonyl (C=O) groups excluding carboxylic acids is 1. The quantitative estimate of drug-likeness (QED) is 0.685. The van der Waals surface area contributed by atoms with E-state index in [-0.39, 0.29) is 11.9 Å². The number of benzene rings is 1. The summed E-state index contributed by atoms with van der Waals surface area (Å²) >= 11 is 0. The normalized spacial score (nSPS) is 14.9. The lowest BCUT2D eigenvalue weighted by molar-refractivity contribution is -0.145. The van der Waals surface area contributed by atoms with Crippen LogP contribution in [0.2, 0.25) is 0 Å². The molecule has 0 spiro atoms. The maximum absolute atomic E-state index is 13.0. The van der Waals surface area contributed by atoms with Gasteiger partial charge in [-0.25, -0.2) is 9.67 Å². The molecule has 0 saturated carbocycles. The highest BCUT2D eigenvalue weighted by atomic mass is 19.4. The lowest BCUT2D eigenvalue weighted by Gasteiger charge is -2.16. The average molecular weight is 391 g/mol. The molecule has 3 aromatic rings. The smallest absolute Gasteiger partial charge is 0.312 e. The fourth-order valence-corrected chi connectivity index (χ4v) is 3.16. The molecule has 1 saturated heterocycles. The molecular weight excluding hydrogens is 375 g/mol. The summed E-state index contributed by atoms with van der Waals surface area (Å²) in [5.41, 5.74) is 1.32. The van der Waals surface area contributed by atoms with Crippen LogP contribution in [0.15, 0.2) is 24.3 Å². The van der Waals surface area contributed by atoms with E-state index in [9.17, 15) is 18.0 Å². The zero-order chi connectivity index (χ0) is 20.1. The molecule has 8 nitrogen and oxygen atoms in total. The fourth-order valence-electron chi connectivity index (χ4n) is 3.16. The van der Waals surface area contributed by atoms with Crippen LogP contribution in [0.3, 0.4) is 0 Å². The molecule has 0 aliphatic carbocycles. The van der Waals surface area contributed by atoms with Gasteiger partial charge in [-0.05, 0) is 25.5 Å². The second-order valence-electron chi connectivity index (χ2n) is 6.45. The number of aromatic nitrogens is 6. The Morgan fingerprint density at radius 2 is 1.93 bits per heavy atom. The van der Waals surface area contributed by atoms with Crippen LogP contribution in [0, 0.1) is 6.92 Å². The third-order valence-electron chi connectivity index (χ3n) is 4.39. The van der Waals surface area contributed by atoms with Gasteiger partial charge in [0, 0.05) is 31.3 Å². The highest BCUT2D eigenvalue weighted by Gasteiger charge is 2.37. The van der Waals surface area contributed by atoms with E-state index in [2.05, 4.69) is 20.2 Å². The maximum atomic E-state index is 13.0. The van der Waals surface area contributed by atoms with E-state index in [4.69, 9.17) is 0 Å². The van der Waals surface area contributed by atoms with Crippen LogP contribution in [-0.4, -0.2) is 42.0 Å². The molecule has 28 heavy (non-hydrogen) atoms. The van der Waals surface area contributed by atoms with Gasteiger partial charge in [0.1, 0.15) is 5.82 Å². The van der Waals surface area contributed by atoms with E-state index >= 15 is 0 Å². The zero-order valence-corrected chi connectivity index (χ0v) is 15.1. The van der Waals surface area contributed by atoms with Crippen molar-refractivity contribution in [1.82, 2.24) is 29.5 Å². The number of hydrogen-bond donors (Lipinski definition) is 0. The number of aryl methyl sites for hydroxylation is 2. The van der Waals surface area contributed by atoms with Crippen LogP contribution >= 0.6 is 0 Å². The lowest BCUT2D eigenvalue weighted by atomic mass is 10.1. The van der Waals surface area contributed by atoms with E-state index < -0.39 is 12.0 Å². The predicted octanol–water partition coefficient (Wildman–Crippen LogP) is 2.52. The summed E-state index contributed by atoms with van der Waals surface area (Å²) in [4.78, 5) is 21.6. The summed E-state index contributed by atoms with van der Waals surface area (Å²) in [6.45, 7) is 2.26. The monoisotopic (exact) mass is 391 g/mol. The second kappa shape index (κ2) is 6.43. The van der Waals surface area contributed by atoms with Crippen molar-refractivity contribution in [2.24, 2.45) is 7.05 Å². The molecule has 146 valence electrons. The van der Waals surface area contributed by atoms with E-state index in [1.54, 1.807) is 30.0 Å². The van der Waals surface area contributed by atoms with E-state index in [1.165, 1.54) is 11.7 Å². The summed E-state index contributed by atoms with van der Waals surface area (Å²) < 4.78 is 41.1. The second-order valence-corrected chi connectivity index (χ2v) is 6.45. The summed E-state index contributed by atoms with van der Waals surface area (Å²) in [7, 11) is 1.36. The highest BCUT2D eigenvalue weighted by Crippen LogP contribution is 2.30. The van der Waals surface area contributed by atoms with Gasteiger partial charge in [-0.15, -0.1) is 10.2 Å². The Kier molecular flexibility index (Phi) is 4.16. The van der Waals surface area contributed by atoms with Crippen molar-refractivity contribution in [1.29, 1.82) is 0 Å². The summed E-state index contributed by atoms with van der Waals surface area (Å²) in [6.07, 6.45) is -3.38. The van der Waals surface area contributed by atoms with Crippen molar-refractivity contribution >= 4 is 11.6 Å². The Hall–Kier alpha value is -3.24. The first-order chi connectivity index (χ1) is 13.2. The van der Waals surface area contributed by atoms with Gasteiger partial charge in [-0.2, -0.15) is 22.8 Å². The summed E-state index contributed by atoms with van der Waals surface area (Å²) in [6, 6.07) is 7.10.